The van der Waals surface area contributed by atoms with Gasteiger partial charge in [-0.05, 0) is 56.6 Å². The lowest BCUT2D eigenvalue weighted by molar-refractivity contribution is -0.225. The molecule has 0 aromatic carbocycles. The number of aliphatic hydroxyl groups is 2. The van der Waals surface area contributed by atoms with Crippen molar-refractivity contribution >= 4 is 0 Å². The summed E-state index contributed by atoms with van der Waals surface area (Å²) in [4.78, 5) is 0. The third-order valence-corrected chi connectivity index (χ3v) is 13.3. The molecule has 4 aliphatic rings. The second-order valence-electron chi connectivity index (χ2n) is 17.2. The molecule has 1 unspecified atom stereocenters. The molecule has 4 saturated heterocycles. The van der Waals surface area contributed by atoms with Crippen molar-refractivity contribution in [1.29, 1.82) is 0 Å². The second kappa shape index (κ2) is 23.6. The van der Waals surface area contributed by atoms with Gasteiger partial charge in [0.25, 0.3) is 0 Å². The van der Waals surface area contributed by atoms with Crippen molar-refractivity contribution in [1.82, 2.24) is 0 Å². The van der Waals surface area contributed by atoms with Crippen molar-refractivity contribution in [3.8, 4) is 0 Å². The van der Waals surface area contributed by atoms with Crippen molar-refractivity contribution in [2.45, 2.75) is 173 Å². The first-order valence-electron chi connectivity index (χ1n) is 21.6. The molecule has 0 amide bonds. The molecule has 4 heterocycles. The molecule has 4 rings (SSSR count). The molecule has 0 radical (unpaired) electrons. The number of rotatable bonds is 24. The summed E-state index contributed by atoms with van der Waals surface area (Å²) in [7, 11) is 10.3. The summed E-state index contributed by atoms with van der Waals surface area (Å²) in [5.41, 5.74) is 2.07. The van der Waals surface area contributed by atoms with Crippen LogP contribution in [0.5, 0.6) is 0 Å². The van der Waals surface area contributed by atoms with Crippen molar-refractivity contribution in [3.05, 3.63) is 47.6 Å². The van der Waals surface area contributed by atoms with Gasteiger partial charge in [0.1, 0.15) is 24.4 Å². The quantitative estimate of drug-likeness (QED) is 0.0805. The third-order valence-electron chi connectivity index (χ3n) is 13.3. The van der Waals surface area contributed by atoms with Gasteiger partial charge < -0.3 is 57.6 Å². The molecule has 4 aliphatic heterocycles. The molecule has 334 valence electrons. The van der Waals surface area contributed by atoms with Crippen LogP contribution in [-0.2, 0) is 47.4 Å². The fraction of sp³-hybridized carbons (Fsp3) is 0.826. The highest BCUT2D eigenvalue weighted by Gasteiger charge is 2.52. The van der Waals surface area contributed by atoms with E-state index < -0.39 is 12.2 Å². The monoisotopic (exact) mass is 823 g/mol. The van der Waals surface area contributed by atoms with E-state index in [1.807, 2.05) is 57.2 Å². The molecule has 12 heteroatoms. The van der Waals surface area contributed by atoms with Gasteiger partial charge in [-0.25, -0.2) is 0 Å². The van der Waals surface area contributed by atoms with Gasteiger partial charge in [-0.3, -0.25) is 0 Å². The maximum absolute atomic E-state index is 11.3. The van der Waals surface area contributed by atoms with Gasteiger partial charge in [-0.2, -0.15) is 0 Å². The molecule has 0 spiro atoms. The standard InChI is InChI=1S/C46H78O12/c1-14-33(49-8)30(6)42-45(57-42)38(47)27(3)18-16-20-29(5)41-44(54-13)32(25-37(53-12)56-41)21-22-34(50-9)31(7)43-46(58-43)39(48)26(2)17-15-19-28(4)40-35(51-10)23-24-36(52-11)55-40/h15-20,26-27,30-48H,14,21-25H2,1-13H3/b17-15+,18-16+,28-19+,29-20+/t26-,27-,30+,31+,32?,33-,34-,35+,36+,37+,38+,39+,40-,41-,42+,43+,44-,45+,46+/m0/s1. The number of hydrogen-bond acceptors (Lipinski definition) is 12. The Morgan fingerprint density at radius 1 is 0.638 bits per heavy atom. The summed E-state index contributed by atoms with van der Waals surface area (Å²) in [6.07, 6.45) is 14.0. The Bertz CT molecular complexity index is 1330. The average molecular weight is 823 g/mol. The summed E-state index contributed by atoms with van der Waals surface area (Å²) in [6.45, 7) is 14.5. The van der Waals surface area contributed by atoms with Crippen LogP contribution in [0.2, 0.25) is 0 Å². The number of methoxy groups -OCH3 is 6. The SMILES string of the molecule is CC[C@H](OC)[C@@H](C)[C@H]1O[C@@H]1[C@H](O)[C@@H](C)/C=C/C=C(\C)[C@@H]1O[C@@H](OC)CC(CC[C@H](OC)[C@@H](C)[C@H]2O[C@@H]2[C@H](O)[C@@H](C)/C=C/C=C(\C)[C@@H]2O[C@@H](OC)CC[C@H]2OC)[C@@H]1OC. The largest absolute Gasteiger partial charge is 0.390 e. The minimum Gasteiger partial charge on any atom is -0.390 e. The fourth-order valence-corrected chi connectivity index (χ4v) is 9.23. The molecular formula is C46H78O12. The van der Waals surface area contributed by atoms with Gasteiger partial charge in [0.15, 0.2) is 12.6 Å². The topological polar surface area (TPSA) is 139 Å². The molecule has 0 aliphatic carbocycles. The van der Waals surface area contributed by atoms with Gasteiger partial charge in [-0.1, -0.05) is 71.1 Å². The molecule has 4 fully saturated rings. The number of epoxide rings is 2. The first kappa shape index (κ1) is 49.1. The number of hydrogen-bond donors (Lipinski definition) is 2. The average Bonchev–Trinajstić information content (AvgIpc) is 4.18. The molecule has 0 aromatic rings. The van der Waals surface area contributed by atoms with E-state index in [1.54, 1.807) is 42.7 Å². The van der Waals surface area contributed by atoms with Gasteiger partial charge in [0, 0.05) is 79.2 Å². The van der Waals surface area contributed by atoms with E-state index in [4.69, 9.17) is 47.4 Å². The van der Waals surface area contributed by atoms with Gasteiger partial charge in [-0.15, -0.1) is 0 Å². The molecule has 0 saturated carbocycles. The van der Waals surface area contributed by atoms with Crippen LogP contribution >= 0.6 is 0 Å². The lowest BCUT2D eigenvalue weighted by Crippen LogP contribution is -2.47. The van der Waals surface area contributed by atoms with Gasteiger partial charge in [0.2, 0.25) is 0 Å². The van der Waals surface area contributed by atoms with E-state index in [2.05, 4.69) is 27.7 Å². The summed E-state index contributed by atoms with van der Waals surface area (Å²) < 4.78 is 59.2. The predicted octanol–water partition coefficient (Wildman–Crippen LogP) is 6.57. The summed E-state index contributed by atoms with van der Waals surface area (Å²) in [5.74, 6) is 0.262. The van der Waals surface area contributed by atoms with Crippen molar-refractivity contribution < 1.29 is 57.6 Å². The lowest BCUT2D eigenvalue weighted by atomic mass is 9.82. The van der Waals surface area contributed by atoms with Crippen LogP contribution < -0.4 is 0 Å². The maximum Gasteiger partial charge on any atom is 0.158 e. The zero-order chi connectivity index (χ0) is 42.7. The van der Waals surface area contributed by atoms with E-state index in [0.29, 0.717) is 6.42 Å². The van der Waals surface area contributed by atoms with Gasteiger partial charge >= 0.3 is 0 Å². The molecule has 0 bridgehead atoms. The Balaban J connectivity index is 1.29. The maximum atomic E-state index is 11.3. The Morgan fingerprint density at radius 2 is 1.16 bits per heavy atom. The number of ether oxygens (including phenoxy) is 10. The second-order valence-corrected chi connectivity index (χ2v) is 17.2. The van der Waals surface area contributed by atoms with Crippen molar-refractivity contribution in [2.24, 2.45) is 29.6 Å². The first-order valence-corrected chi connectivity index (χ1v) is 21.6. The Labute approximate surface area is 349 Å². The van der Waals surface area contributed by atoms with E-state index >= 15 is 0 Å². The smallest absolute Gasteiger partial charge is 0.158 e. The zero-order valence-corrected chi connectivity index (χ0v) is 37.7. The van der Waals surface area contributed by atoms with Crippen LogP contribution in [0.1, 0.15) is 87.0 Å². The normalized spacial score (nSPS) is 36.4. The zero-order valence-electron chi connectivity index (χ0n) is 37.7. The van der Waals surface area contributed by atoms with E-state index in [9.17, 15) is 10.2 Å². The Kier molecular flexibility index (Phi) is 20.0. The Morgan fingerprint density at radius 3 is 1.64 bits per heavy atom. The van der Waals surface area contributed by atoms with Gasteiger partial charge in [0.05, 0.1) is 48.8 Å². The third kappa shape index (κ3) is 12.8. The highest BCUT2D eigenvalue weighted by Crippen LogP contribution is 2.41. The van der Waals surface area contributed by atoms with Crippen LogP contribution in [0.3, 0.4) is 0 Å². The minimum absolute atomic E-state index is 0.00621. The molecule has 2 N–H and O–H groups in total. The van der Waals surface area contributed by atoms with E-state index in [0.717, 1.165) is 43.3 Å². The number of allylic oxidation sites excluding steroid dienone is 4. The van der Waals surface area contributed by atoms with E-state index in [1.165, 1.54) is 0 Å². The van der Waals surface area contributed by atoms with Crippen LogP contribution in [-0.4, -0.2) is 139 Å². The van der Waals surface area contributed by atoms with Crippen molar-refractivity contribution in [2.75, 3.05) is 42.7 Å². The van der Waals surface area contributed by atoms with Crippen LogP contribution in [0, 0.1) is 29.6 Å². The molecule has 58 heavy (non-hydrogen) atoms. The summed E-state index contributed by atoms with van der Waals surface area (Å²) in [6, 6.07) is 0. The molecule has 0 aromatic heterocycles. The number of aliphatic hydroxyl groups excluding tert-OH is 2. The molecule has 12 nitrogen and oxygen atoms in total. The first-order chi connectivity index (χ1) is 27.8. The highest BCUT2D eigenvalue weighted by molar-refractivity contribution is 5.19. The molecule has 19 atom stereocenters. The summed E-state index contributed by atoms with van der Waals surface area (Å²) >= 11 is 0. The van der Waals surface area contributed by atoms with Crippen LogP contribution in [0.25, 0.3) is 0 Å². The Hall–Kier alpha value is -1.52. The molecular weight excluding hydrogens is 744 g/mol. The lowest BCUT2D eigenvalue weighted by Gasteiger charge is -2.41. The minimum atomic E-state index is -0.644. The van der Waals surface area contributed by atoms with E-state index in [-0.39, 0.29) is 103 Å². The predicted molar refractivity (Wildman–Crippen MR) is 223 cm³/mol. The highest BCUT2D eigenvalue weighted by atomic mass is 16.7. The fourth-order valence-electron chi connectivity index (χ4n) is 9.23. The summed E-state index contributed by atoms with van der Waals surface area (Å²) in [5, 5.41) is 22.3. The van der Waals surface area contributed by atoms with Crippen LogP contribution in [0.15, 0.2) is 47.6 Å². The van der Waals surface area contributed by atoms with Crippen molar-refractivity contribution in [3.63, 3.8) is 0 Å². The van der Waals surface area contributed by atoms with Crippen LogP contribution in [0.4, 0.5) is 0 Å².